The number of rotatable bonds is 2. The van der Waals surface area contributed by atoms with Crippen LogP contribution in [0.1, 0.15) is 20.9 Å². The summed E-state index contributed by atoms with van der Waals surface area (Å²) in [6, 6.07) is 4.25. The van der Waals surface area contributed by atoms with Crippen LogP contribution in [-0.2, 0) is 0 Å². The number of amides is 1. The number of hydrogen-bond acceptors (Lipinski definition) is 5. The summed E-state index contributed by atoms with van der Waals surface area (Å²) >= 11 is 7.22. The van der Waals surface area contributed by atoms with E-state index in [-0.39, 0.29) is 17.0 Å². The number of anilines is 1. The summed E-state index contributed by atoms with van der Waals surface area (Å²) in [5.74, 6) is -0.794. The van der Waals surface area contributed by atoms with Crippen molar-refractivity contribution >= 4 is 39.5 Å². The molecule has 0 fully saturated rings. The van der Waals surface area contributed by atoms with Gasteiger partial charge in [0, 0.05) is 21.8 Å². The first-order chi connectivity index (χ1) is 10.9. The van der Waals surface area contributed by atoms with Crippen LogP contribution >= 0.6 is 22.9 Å². The van der Waals surface area contributed by atoms with Crippen LogP contribution in [0.4, 0.5) is 5.69 Å². The molecule has 0 atom stereocenters. The molecule has 1 aromatic carbocycles. The van der Waals surface area contributed by atoms with Gasteiger partial charge in [-0.2, -0.15) is 0 Å². The second-order valence-corrected chi connectivity index (χ2v) is 6.57. The molecule has 2 N–H and O–H groups in total. The van der Waals surface area contributed by atoms with Crippen molar-refractivity contribution in [1.82, 2.24) is 9.38 Å². The minimum Gasteiger partial charge on any atom is -0.506 e. The number of aryl methyl sites for hydroxylation is 2. The average molecular weight is 350 g/mol. The molecule has 0 saturated heterocycles. The number of hydrogen-bond donors (Lipinski definition) is 2. The molecule has 1 amide bonds. The van der Waals surface area contributed by atoms with Crippen LogP contribution < -0.4 is 10.9 Å². The summed E-state index contributed by atoms with van der Waals surface area (Å²) < 4.78 is 1.41. The molecule has 3 rings (SSSR count). The van der Waals surface area contributed by atoms with E-state index < -0.39 is 11.5 Å². The van der Waals surface area contributed by atoms with E-state index in [4.69, 9.17) is 11.6 Å². The summed E-state index contributed by atoms with van der Waals surface area (Å²) in [6.45, 7) is 3.68. The highest BCUT2D eigenvalue weighted by atomic mass is 35.5. The van der Waals surface area contributed by atoms with Crippen molar-refractivity contribution < 1.29 is 9.90 Å². The van der Waals surface area contributed by atoms with E-state index in [1.54, 1.807) is 6.92 Å². The minimum absolute atomic E-state index is 0.109. The van der Waals surface area contributed by atoms with Crippen LogP contribution in [0.5, 0.6) is 5.75 Å². The zero-order valence-corrected chi connectivity index (χ0v) is 13.8. The molecule has 0 aliphatic carbocycles. The fraction of sp³-hybridized carbons (Fsp3) is 0.133. The third-order valence-electron chi connectivity index (χ3n) is 3.47. The second-order valence-electron chi connectivity index (χ2n) is 4.95. The second kappa shape index (κ2) is 5.68. The van der Waals surface area contributed by atoms with Crippen molar-refractivity contribution in [1.29, 1.82) is 0 Å². The highest BCUT2D eigenvalue weighted by molar-refractivity contribution is 7.17. The normalized spacial score (nSPS) is 10.9. The third kappa shape index (κ3) is 2.69. The van der Waals surface area contributed by atoms with Gasteiger partial charge in [-0.3, -0.25) is 14.0 Å². The number of nitrogens with zero attached hydrogens (tertiary/aromatic N) is 2. The number of carbonyl (C=O) groups is 1. The summed E-state index contributed by atoms with van der Waals surface area (Å²) in [5.41, 5.74) is 0.326. The highest BCUT2D eigenvalue weighted by Crippen LogP contribution is 2.27. The largest absolute Gasteiger partial charge is 0.506 e. The van der Waals surface area contributed by atoms with Gasteiger partial charge >= 0.3 is 0 Å². The lowest BCUT2D eigenvalue weighted by atomic mass is 10.2. The van der Waals surface area contributed by atoms with Gasteiger partial charge in [-0.1, -0.05) is 11.6 Å². The monoisotopic (exact) mass is 349 g/mol. The van der Waals surface area contributed by atoms with Crippen molar-refractivity contribution in [2.24, 2.45) is 0 Å². The van der Waals surface area contributed by atoms with Crippen molar-refractivity contribution in [2.75, 3.05) is 5.32 Å². The number of fused-ring (bicyclic) bond motifs is 1. The fourth-order valence-electron chi connectivity index (χ4n) is 2.13. The summed E-state index contributed by atoms with van der Waals surface area (Å²) in [7, 11) is 0. The number of phenolic OH excluding ortho intramolecular Hbond substituents is 1. The van der Waals surface area contributed by atoms with Gasteiger partial charge in [0.15, 0.2) is 4.96 Å². The number of phenols is 1. The molecule has 118 valence electrons. The SMILES string of the molecule is Cc1sc2ncc(C(=O)Nc3cc(Cl)ccc3O)c(=O)n2c1C. The number of carbonyl (C=O) groups excluding carboxylic acids is 1. The molecule has 0 bridgehead atoms. The van der Waals surface area contributed by atoms with E-state index in [0.717, 1.165) is 10.6 Å². The molecule has 8 heteroatoms. The number of nitrogens with one attached hydrogen (secondary N) is 1. The first-order valence-electron chi connectivity index (χ1n) is 6.66. The topological polar surface area (TPSA) is 83.7 Å². The van der Waals surface area contributed by atoms with Gasteiger partial charge in [-0.15, -0.1) is 11.3 Å². The van der Waals surface area contributed by atoms with E-state index in [1.807, 2.05) is 6.92 Å². The van der Waals surface area contributed by atoms with Gasteiger partial charge in [-0.05, 0) is 32.0 Å². The molecule has 0 spiro atoms. The number of benzene rings is 1. The van der Waals surface area contributed by atoms with Gasteiger partial charge in [-0.25, -0.2) is 4.98 Å². The molecule has 0 unspecified atom stereocenters. The van der Waals surface area contributed by atoms with E-state index in [9.17, 15) is 14.7 Å². The molecular formula is C15H12ClN3O3S. The Morgan fingerprint density at radius 3 is 2.87 bits per heavy atom. The Hall–Kier alpha value is -2.38. The summed E-state index contributed by atoms with van der Waals surface area (Å²) in [6.07, 6.45) is 1.24. The number of aromatic nitrogens is 2. The van der Waals surface area contributed by atoms with E-state index in [2.05, 4.69) is 10.3 Å². The molecule has 0 radical (unpaired) electrons. The van der Waals surface area contributed by atoms with Crippen molar-refractivity contribution in [3.63, 3.8) is 0 Å². The number of thiazole rings is 1. The summed E-state index contributed by atoms with van der Waals surface area (Å²) in [4.78, 5) is 30.5. The van der Waals surface area contributed by atoms with Gasteiger partial charge in [0.05, 0.1) is 5.69 Å². The van der Waals surface area contributed by atoms with Crippen LogP contribution in [0.15, 0.2) is 29.2 Å². The highest BCUT2D eigenvalue weighted by Gasteiger charge is 2.17. The molecule has 3 aromatic rings. The lowest BCUT2D eigenvalue weighted by Crippen LogP contribution is -2.26. The Labute approximate surface area is 140 Å². The zero-order valence-electron chi connectivity index (χ0n) is 12.3. The van der Waals surface area contributed by atoms with Crippen molar-refractivity contribution in [3.8, 4) is 5.75 Å². The molecule has 2 heterocycles. The van der Waals surface area contributed by atoms with Gasteiger partial charge in [0.25, 0.3) is 11.5 Å². The first-order valence-corrected chi connectivity index (χ1v) is 7.85. The maximum Gasteiger partial charge on any atom is 0.271 e. The molecule has 0 aliphatic heterocycles. The minimum atomic E-state index is -0.655. The lowest BCUT2D eigenvalue weighted by molar-refractivity contribution is 0.102. The predicted octanol–water partition coefficient (Wildman–Crippen LogP) is 2.98. The van der Waals surface area contributed by atoms with Crippen molar-refractivity contribution in [2.45, 2.75) is 13.8 Å². The van der Waals surface area contributed by atoms with Crippen LogP contribution in [0.25, 0.3) is 4.96 Å². The summed E-state index contributed by atoms with van der Waals surface area (Å²) in [5, 5.41) is 12.6. The molecule has 23 heavy (non-hydrogen) atoms. The van der Waals surface area contributed by atoms with Gasteiger partial charge in [0.1, 0.15) is 11.3 Å². The fourth-order valence-corrected chi connectivity index (χ4v) is 3.23. The van der Waals surface area contributed by atoms with Gasteiger partial charge in [0.2, 0.25) is 0 Å². The average Bonchev–Trinajstić information content (AvgIpc) is 2.79. The Morgan fingerprint density at radius 2 is 2.13 bits per heavy atom. The maximum absolute atomic E-state index is 12.5. The van der Waals surface area contributed by atoms with E-state index in [1.165, 1.54) is 40.1 Å². The lowest BCUT2D eigenvalue weighted by Gasteiger charge is -2.07. The quantitative estimate of drug-likeness (QED) is 0.697. The Kier molecular flexibility index (Phi) is 3.83. The molecular weight excluding hydrogens is 338 g/mol. The standard InChI is InChI=1S/C15H12ClN3O3S/c1-7-8(2)23-15-17-6-10(14(22)19(7)15)13(21)18-11-5-9(16)3-4-12(11)20/h3-6,20H,1-2H3,(H,18,21). The zero-order chi connectivity index (χ0) is 16.7. The Bertz CT molecular complexity index is 994. The Morgan fingerprint density at radius 1 is 1.39 bits per heavy atom. The van der Waals surface area contributed by atoms with Gasteiger partial charge < -0.3 is 10.4 Å². The molecule has 2 aromatic heterocycles. The van der Waals surface area contributed by atoms with Crippen LogP contribution in [-0.4, -0.2) is 20.4 Å². The number of aromatic hydroxyl groups is 1. The van der Waals surface area contributed by atoms with Crippen LogP contribution in [0.3, 0.4) is 0 Å². The number of halogens is 1. The van der Waals surface area contributed by atoms with E-state index >= 15 is 0 Å². The third-order valence-corrected chi connectivity index (χ3v) is 4.78. The first kappa shape index (κ1) is 15.5. The molecule has 6 nitrogen and oxygen atoms in total. The molecule has 0 saturated carbocycles. The van der Waals surface area contributed by atoms with E-state index in [0.29, 0.717) is 9.98 Å². The Balaban J connectivity index is 2.05. The van der Waals surface area contributed by atoms with Crippen LogP contribution in [0, 0.1) is 13.8 Å². The van der Waals surface area contributed by atoms with Crippen LogP contribution in [0.2, 0.25) is 5.02 Å². The maximum atomic E-state index is 12.5. The smallest absolute Gasteiger partial charge is 0.271 e. The van der Waals surface area contributed by atoms with Crippen molar-refractivity contribution in [3.05, 3.63) is 55.9 Å². The predicted molar refractivity (Wildman–Crippen MR) is 89.9 cm³/mol. The molecule has 0 aliphatic rings.